The number of nitrogens with zero attached hydrogens (tertiary/aromatic N) is 3. The SMILES string of the molecule is CC(=O)N[C@@H](CCCN=C(N)N)C(=O)N[C@H](Cc1ccc(I)cc1)C(=O)N[C@@H](CCCN=C(N)N)C(=O)N1Cc2ccccc2CC1C(N)=O. The molecule has 5 amide bonds. The van der Waals surface area contributed by atoms with Crippen LogP contribution in [0.4, 0.5) is 0 Å². The first kappa shape index (κ1) is 39.5. The molecule has 1 unspecified atom stereocenters. The molecule has 13 N–H and O–H groups in total. The van der Waals surface area contributed by atoms with Crippen LogP contribution in [0.1, 0.15) is 49.3 Å². The zero-order valence-electron chi connectivity index (χ0n) is 27.9. The molecule has 0 radical (unpaired) electrons. The van der Waals surface area contributed by atoms with Gasteiger partial charge in [0.15, 0.2) is 11.9 Å². The highest BCUT2D eigenvalue weighted by atomic mass is 127. The van der Waals surface area contributed by atoms with Crippen LogP contribution in [0.2, 0.25) is 0 Å². The summed E-state index contributed by atoms with van der Waals surface area (Å²) in [5, 5.41) is 8.22. The quantitative estimate of drug-likeness (QED) is 0.0415. The largest absolute Gasteiger partial charge is 0.370 e. The standard InChI is InChI=1S/C33H46IN11O5/c1-19(46)42-24(8-4-14-40-32(36)37)29(48)44-26(16-20-10-12-23(34)13-11-20)30(49)43-25(9-5-15-41-33(38)39)31(50)45-18-22-7-3-2-6-21(22)17-27(45)28(35)47/h2-3,6-7,10-13,24-27H,4-5,8-9,14-18H2,1H3,(H2,35,47)(H,42,46)(H,43,49)(H,44,48)(H4,36,37,40)(H4,38,39,41)/t24-,25-,26+,27?/m0/s1. The molecule has 2 aromatic rings. The van der Waals surface area contributed by atoms with Crippen molar-refractivity contribution < 1.29 is 24.0 Å². The Labute approximate surface area is 304 Å². The number of hydrogen-bond donors (Lipinski definition) is 8. The number of carbonyl (C=O) groups is 5. The van der Waals surface area contributed by atoms with E-state index in [0.29, 0.717) is 12.8 Å². The molecule has 0 saturated heterocycles. The summed E-state index contributed by atoms with van der Waals surface area (Å²) in [6.45, 7) is 1.81. The molecule has 1 heterocycles. The molecular weight excluding hydrogens is 757 g/mol. The van der Waals surface area contributed by atoms with Crippen LogP contribution in [0.3, 0.4) is 0 Å². The molecule has 0 bridgehead atoms. The number of primary amides is 1. The summed E-state index contributed by atoms with van der Waals surface area (Å²) in [5.41, 5.74) is 30.0. The molecule has 0 fully saturated rings. The van der Waals surface area contributed by atoms with Crippen LogP contribution in [-0.4, -0.2) is 83.6 Å². The molecule has 3 rings (SSSR count). The topological polar surface area (TPSA) is 280 Å². The summed E-state index contributed by atoms with van der Waals surface area (Å²) < 4.78 is 0.974. The summed E-state index contributed by atoms with van der Waals surface area (Å²) in [6.07, 6.45) is 1.30. The molecule has 0 saturated carbocycles. The number of carbonyl (C=O) groups excluding carboxylic acids is 5. The number of guanidine groups is 2. The molecule has 16 nitrogen and oxygen atoms in total. The number of nitrogens with one attached hydrogen (secondary N) is 3. The minimum Gasteiger partial charge on any atom is -0.370 e. The van der Waals surface area contributed by atoms with Crippen LogP contribution in [0.25, 0.3) is 0 Å². The first-order valence-corrected chi connectivity index (χ1v) is 17.2. The van der Waals surface area contributed by atoms with Gasteiger partial charge in [-0.25, -0.2) is 0 Å². The Morgan fingerprint density at radius 3 is 1.88 bits per heavy atom. The molecule has 0 spiro atoms. The molecule has 0 aromatic heterocycles. The zero-order valence-corrected chi connectivity index (χ0v) is 30.1. The van der Waals surface area contributed by atoms with Gasteiger partial charge in [-0.15, -0.1) is 0 Å². The predicted octanol–water partition coefficient (Wildman–Crippen LogP) is -1.15. The van der Waals surface area contributed by atoms with Crippen molar-refractivity contribution in [3.63, 3.8) is 0 Å². The van der Waals surface area contributed by atoms with Gasteiger partial charge in [0.05, 0.1) is 0 Å². The summed E-state index contributed by atoms with van der Waals surface area (Å²) >= 11 is 2.16. The monoisotopic (exact) mass is 803 g/mol. The molecule has 4 atom stereocenters. The Hall–Kier alpha value is -4.94. The molecule has 1 aliphatic heterocycles. The number of hydrogen-bond acceptors (Lipinski definition) is 7. The maximum atomic E-state index is 14.2. The van der Waals surface area contributed by atoms with Crippen molar-refractivity contribution in [1.29, 1.82) is 0 Å². The van der Waals surface area contributed by atoms with Crippen LogP contribution in [-0.2, 0) is 43.4 Å². The van der Waals surface area contributed by atoms with Gasteiger partial charge in [-0.3, -0.25) is 34.0 Å². The lowest BCUT2D eigenvalue weighted by Gasteiger charge is -2.37. The first-order chi connectivity index (χ1) is 23.7. The molecule has 2 aromatic carbocycles. The fraction of sp³-hybridized carbons (Fsp3) is 0.424. The number of nitrogens with two attached hydrogens (primary N) is 5. The highest BCUT2D eigenvalue weighted by Gasteiger charge is 2.38. The second kappa shape index (κ2) is 19.3. The molecule has 0 aliphatic carbocycles. The van der Waals surface area contributed by atoms with Crippen molar-refractivity contribution >= 4 is 64.0 Å². The Bertz CT molecular complexity index is 1580. The highest BCUT2D eigenvalue weighted by Crippen LogP contribution is 2.25. The van der Waals surface area contributed by atoms with E-state index < -0.39 is 53.7 Å². The first-order valence-electron chi connectivity index (χ1n) is 16.1. The number of benzene rings is 2. The third-order valence-corrected chi connectivity index (χ3v) is 8.76. The summed E-state index contributed by atoms with van der Waals surface area (Å²) in [6, 6.07) is 10.6. The lowest BCUT2D eigenvalue weighted by Crippen LogP contribution is -2.60. The third kappa shape index (κ3) is 12.5. The minimum atomic E-state index is -1.15. The number of rotatable bonds is 17. The second-order valence-corrected chi connectivity index (χ2v) is 13.2. The number of halogens is 1. The van der Waals surface area contributed by atoms with Gasteiger partial charge in [0, 0.05) is 43.0 Å². The third-order valence-electron chi connectivity index (χ3n) is 8.05. The minimum absolute atomic E-state index is 0.0746. The van der Waals surface area contributed by atoms with Gasteiger partial charge in [-0.05, 0) is 77.1 Å². The summed E-state index contributed by atoms with van der Waals surface area (Å²) in [4.78, 5) is 75.7. The highest BCUT2D eigenvalue weighted by molar-refractivity contribution is 14.1. The number of amides is 5. The van der Waals surface area contributed by atoms with Crippen LogP contribution >= 0.6 is 22.6 Å². The van der Waals surface area contributed by atoms with E-state index in [1.54, 1.807) is 0 Å². The predicted molar refractivity (Wildman–Crippen MR) is 198 cm³/mol. The van der Waals surface area contributed by atoms with Gasteiger partial charge in [0.25, 0.3) is 0 Å². The Morgan fingerprint density at radius 1 is 0.780 bits per heavy atom. The van der Waals surface area contributed by atoms with E-state index in [1.165, 1.54) is 11.8 Å². The van der Waals surface area contributed by atoms with E-state index in [0.717, 1.165) is 20.3 Å². The average Bonchev–Trinajstić information content (AvgIpc) is 3.06. The van der Waals surface area contributed by atoms with Gasteiger partial charge in [-0.2, -0.15) is 0 Å². The average molecular weight is 804 g/mol. The summed E-state index contributed by atoms with van der Waals surface area (Å²) in [5.74, 6) is -3.10. The van der Waals surface area contributed by atoms with E-state index in [-0.39, 0.29) is 57.2 Å². The van der Waals surface area contributed by atoms with Crippen molar-refractivity contribution in [3.05, 3.63) is 68.8 Å². The van der Waals surface area contributed by atoms with Crippen molar-refractivity contribution in [2.45, 2.75) is 76.2 Å². The van der Waals surface area contributed by atoms with Crippen molar-refractivity contribution in [2.24, 2.45) is 38.7 Å². The van der Waals surface area contributed by atoms with E-state index in [2.05, 4.69) is 48.5 Å². The molecular formula is C33H46IN11O5. The van der Waals surface area contributed by atoms with E-state index in [4.69, 9.17) is 28.7 Å². The lowest BCUT2D eigenvalue weighted by atomic mass is 9.92. The fourth-order valence-electron chi connectivity index (χ4n) is 5.60. The molecule has 270 valence electrons. The fourth-order valence-corrected chi connectivity index (χ4v) is 5.96. The van der Waals surface area contributed by atoms with E-state index in [1.807, 2.05) is 48.5 Å². The van der Waals surface area contributed by atoms with Gasteiger partial charge >= 0.3 is 0 Å². The molecule has 17 heteroatoms. The van der Waals surface area contributed by atoms with Gasteiger partial charge in [0.2, 0.25) is 29.5 Å². The Balaban J connectivity index is 1.91. The van der Waals surface area contributed by atoms with Crippen LogP contribution in [0.15, 0.2) is 58.5 Å². The summed E-state index contributed by atoms with van der Waals surface area (Å²) in [7, 11) is 0. The lowest BCUT2D eigenvalue weighted by molar-refractivity contribution is -0.144. The van der Waals surface area contributed by atoms with Gasteiger partial charge in [-0.1, -0.05) is 36.4 Å². The Morgan fingerprint density at radius 2 is 1.32 bits per heavy atom. The smallest absolute Gasteiger partial charge is 0.246 e. The van der Waals surface area contributed by atoms with Gasteiger partial charge in [0.1, 0.15) is 24.2 Å². The maximum Gasteiger partial charge on any atom is 0.246 e. The maximum absolute atomic E-state index is 14.2. The number of fused-ring (bicyclic) bond motifs is 1. The van der Waals surface area contributed by atoms with E-state index in [9.17, 15) is 24.0 Å². The van der Waals surface area contributed by atoms with Crippen LogP contribution < -0.4 is 44.6 Å². The second-order valence-electron chi connectivity index (χ2n) is 12.0. The van der Waals surface area contributed by atoms with Crippen LogP contribution in [0.5, 0.6) is 0 Å². The molecule has 1 aliphatic rings. The number of aliphatic imine (C=N–C) groups is 2. The van der Waals surface area contributed by atoms with Crippen molar-refractivity contribution in [2.75, 3.05) is 13.1 Å². The van der Waals surface area contributed by atoms with Gasteiger partial charge < -0.3 is 49.5 Å². The Kier molecular flexibility index (Phi) is 15.2. The molecule has 50 heavy (non-hydrogen) atoms. The normalized spacial score (nSPS) is 15.3. The van der Waals surface area contributed by atoms with Crippen LogP contribution in [0, 0.1) is 3.57 Å². The van der Waals surface area contributed by atoms with Crippen molar-refractivity contribution in [1.82, 2.24) is 20.9 Å². The zero-order chi connectivity index (χ0) is 36.8. The van der Waals surface area contributed by atoms with Crippen molar-refractivity contribution in [3.8, 4) is 0 Å². The van der Waals surface area contributed by atoms with E-state index >= 15 is 0 Å².